The Kier molecular flexibility index (Phi) is 7.06. The highest BCUT2D eigenvalue weighted by molar-refractivity contribution is 5.64. The molecule has 2 bridgehead atoms. The summed E-state index contributed by atoms with van der Waals surface area (Å²) in [7, 11) is 0. The zero-order valence-corrected chi connectivity index (χ0v) is 15.7. The molecule has 2 heterocycles. The predicted molar refractivity (Wildman–Crippen MR) is 100 cm³/mol. The van der Waals surface area contributed by atoms with Crippen molar-refractivity contribution < 1.29 is 24.5 Å². The molecule has 0 saturated carbocycles. The maximum absolute atomic E-state index is 10.5. The number of aliphatic hydroxyl groups excluding tert-OH is 1. The summed E-state index contributed by atoms with van der Waals surface area (Å²) in [6.07, 6.45) is -1.50. The number of benzene rings is 1. The molecule has 2 aliphatic rings. The van der Waals surface area contributed by atoms with Crippen molar-refractivity contribution in [1.29, 1.82) is 5.26 Å². The summed E-state index contributed by atoms with van der Waals surface area (Å²) in [5.74, 6) is 0.627. The molecule has 9 nitrogen and oxygen atoms in total. The van der Waals surface area contributed by atoms with Gasteiger partial charge in [0.2, 0.25) is 0 Å². The van der Waals surface area contributed by atoms with Crippen LogP contribution in [0.4, 0.5) is 4.79 Å². The number of nitrogens with one attached hydrogen (secondary N) is 1. The summed E-state index contributed by atoms with van der Waals surface area (Å²) in [6, 6.07) is 8.86. The summed E-state index contributed by atoms with van der Waals surface area (Å²) in [5, 5.41) is 30.2. The maximum atomic E-state index is 10.5. The molecule has 28 heavy (non-hydrogen) atoms. The Hall–Kier alpha value is -2.38. The fourth-order valence-electron chi connectivity index (χ4n) is 3.68. The molecule has 3 atom stereocenters. The van der Waals surface area contributed by atoms with E-state index in [4.69, 9.17) is 19.8 Å². The highest BCUT2D eigenvalue weighted by atomic mass is 16.5. The lowest BCUT2D eigenvalue weighted by Crippen LogP contribution is -2.61. The number of rotatable bonds is 8. The molecule has 9 heteroatoms. The summed E-state index contributed by atoms with van der Waals surface area (Å²) in [6.45, 7) is 4.74. The molecule has 3 N–H and O–H groups in total. The first kappa shape index (κ1) is 20.4. The van der Waals surface area contributed by atoms with Gasteiger partial charge in [0.25, 0.3) is 0 Å². The van der Waals surface area contributed by atoms with Gasteiger partial charge in [-0.15, -0.1) is 0 Å². The van der Waals surface area contributed by atoms with E-state index in [9.17, 15) is 9.90 Å². The molecule has 0 radical (unpaired) electrons. The molecule has 2 aliphatic heterocycles. The van der Waals surface area contributed by atoms with Crippen LogP contribution in [-0.4, -0.2) is 96.8 Å². The number of β-amino-alcohol motifs (C(OH)–C–C–N with tert-alkyl or cyclic N) is 1. The largest absolute Gasteiger partial charge is 0.491 e. The minimum Gasteiger partial charge on any atom is -0.491 e. The molecular formula is C19H26N4O5. The number of carbonyl (C=O) groups is 1. The van der Waals surface area contributed by atoms with Gasteiger partial charge in [-0.2, -0.15) is 5.26 Å². The van der Waals surface area contributed by atoms with Gasteiger partial charge in [0.15, 0.2) is 0 Å². The molecule has 0 spiro atoms. The second-order valence-electron chi connectivity index (χ2n) is 7.19. The molecule has 1 amide bonds. The van der Waals surface area contributed by atoms with Gasteiger partial charge in [-0.05, 0) is 24.3 Å². The number of morpholine rings is 2. The highest BCUT2D eigenvalue weighted by Crippen LogP contribution is 2.19. The van der Waals surface area contributed by atoms with Crippen LogP contribution in [0.5, 0.6) is 5.75 Å². The monoisotopic (exact) mass is 390 g/mol. The number of hydrogen-bond donors (Lipinski definition) is 3. The number of ether oxygens (including phenoxy) is 2. The van der Waals surface area contributed by atoms with Crippen molar-refractivity contribution in [3.05, 3.63) is 29.8 Å². The van der Waals surface area contributed by atoms with Crippen LogP contribution >= 0.6 is 0 Å². The number of nitrogens with zero attached hydrogens (tertiary/aromatic N) is 3. The summed E-state index contributed by atoms with van der Waals surface area (Å²) in [5.41, 5.74) is 0.570. The lowest BCUT2D eigenvalue weighted by molar-refractivity contribution is -0.142. The van der Waals surface area contributed by atoms with E-state index in [1.54, 1.807) is 24.3 Å². The van der Waals surface area contributed by atoms with E-state index in [2.05, 4.69) is 21.2 Å². The van der Waals surface area contributed by atoms with E-state index in [1.807, 2.05) is 0 Å². The first-order valence-corrected chi connectivity index (χ1v) is 9.40. The fraction of sp³-hybridized carbons (Fsp3) is 0.579. The molecule has 1 aromatic carbocycles. The van der Waals surface area contributed by atoms with Crippen LogP contribution < -0.4 is 10.1 Å². The van der Waals surface area contributed by atoms with E-state index >= 15 is 0 Å². The summed E-state index contributed by atoms with van der Waals surface area (Å²) >= 11 is 0. The van der Waals surface area contributed by atoms with Crippen molar-refractivity contribution >= 4 is 6.09 Å². The van der Waals surface area contributed by atoms with Gasteiger partial charge in [-0.1, -0.05) is 0 Å². The van der Waals surface area contributed by atoms with Crippen molar-refractivity contribution in [2.45, 2.75) is 18.3 Å². The van der Waals surface area contributed by atoms with Gasteiger partial charge >= 0.3 is 6.09 Å². The molecule has 2 saturated heterocycles. The first-order chi connectivity index (χ1) is 13.5. The molecular weight excluding hydrogens is 364 g/mol. The van der Waals surface area contributed by atoms with Crippen molar-refractivity contribution in [2.75, 3.05) is 52.4 Å². The van der Waals surface area contributed by atoms with Gasteiger partial charge in [-0.25, -0.2) is 4.79 Å². The van der Waals surface area contributed by atoms with Crippen LogP contribution in [-0.2, 0) is 4.74 Å². The smallest absolute Gasteiger partial charge is 0.404 e. The van der Waals surface area contributed by atoms with Crippen molar-refractivity contribution in [3.8, 4) is 11.8 Å². The first-order valence-electron chi connectivity index (χ1n) is 9.40. The number of nitriles is 1. The lowest BCUT2D eigenvalue weighted by Gasteiger charge is -2.46. The van der Waals surface area contributed by atoms with Crippen LogP contribution in [0.15, 0.2) is 24.3 Å². The molecule has 1 aromatic rings. The van der Waals surface area contributed by atoms with Crippen LogP contribution in [0.3, 0.4) is 0 Å². The fourth-order valence-corrected chi connectivity index (χ4v) is 3.68. The Bertz CT molecular complexity index is 679. The minimum absolute atomic E-state index is 0.0592. The molecule has 3 unspecified atom stereocenters. The van der Waals surface area contributed by atoms with Crippen LogP contribution in [0, 0.1) is 11.3 Å². The molecule has 152 valence electrons. The van der Waals surface area contributed by atoms with Gasteiger partial charge in [-0.3, -0.25) is 9.80 Å². The van der Waals surface area contributed by atoms with E-state index < -0.39 is 12.2 Å². The Labute approximate surface area is 164 Å². The maximum Gasteiger partial charge on any atom is 0.404 e. The average molecular weight is 390 g/mol. The molecule has 0 aliphatic carbocycles. The molecule has 2 fully saturated rings. The number of aliphatic hydroxyl groups is 1. The van der Waals surface area contributed by atoms with Crippen molar-refractivity contribution in [1.82, 2.24) is 15.1 Å². The number of carboxylic acid groups (broad SMARTS) is 1. The lowest BCUT2D eigenvalue weighted by atomic mass is 10.1. The van der Waals surface area contributed by atoms with Crippen LogP contribution in [0.25, 0.3) is 0 Å². The zero-order chi connectivity index (χ0) is 19.9. The van der Waals surface area contributed by atoms with Crippen molar-refractivity contribution in [3.63, 3.8) is 0 Å². The Balaban J connectivity index is 1.39. The van der Waals surface area contributed by atoms with E-state index in [0.29, 0.717) is 30.9 Å². The molecule has 3 rings (SSSR count). The minimum atomic E-state index is -1.00. The van der Waals surface area contributed by atoms with E-state index in [1.165, 1.54) is 0 Å². The molecule has 0 aromatic heterocycles. The van der Waals surface area contributed by atoms with Crippen molar-refractivity contribution in [2.24, 2.45) is 0 Å². The third-order valence-electron chi connectivity index (χ3n) is 4.83. The van der Waals surface area contributed by atoms with E-state index in [0.717, 1.165) is 26.2 Å². The van der Waals surface area contributed by atoms with Crippen LogP contribution in [0.2, 0.25) is 0 Å². The third kappa shape index (κ3) is 6.07. The second kappa shape index (κ2) is 9.71. The number of fused-ring (bicyclic) bond motifs is 2. The average Bonchev–Trinajstić information content (AvgIpc) is 2.66. The third-order valence-corrected chi connectivity index (χ3v) is 4.83. The van der Waals surface area contributed by atoms with Gasteiger partial charge < -0.3 is 25.0 Å². The van der Waals surface area contributed by atoms with Gasteiger partial charge in [0, 0.05) is 45.8 Å². The van der Waals surface area contributed by atoms with Crippen LogP contribution in [0.1, 0.15) is 5.56 Å². The SMILES string of the molecule is N#Cc1ccc(OCC(O)CN2CC3CN(CCNC(=O)O)CC(C2)O3)cc1. The Morgan fingerprint density at radius 2 is 1.89 bits per heavy atom. The standard InChI is InChI=1S/C19H26N4O5/c20-7-14-1-3-16(4-2-14)27-13-15(24)8-23-11-17-9-22(6-5-21-19(25)26)10-18(12-23)28-17/h1-4,15,17-18,21,24H,5-6,8-13H2,(H,25,26). The quantitative estimate of drug-likeness (QED) is 0.566. The number of amides is 1. The summed E-state index contributed by atoms with van der Waals surface area (Å²) < 4.78 is 11.6. The topological polar surface area (TPSA) is 118 Å². The van der Waals surface area contributed by atoms with E-state index in [-0.39, 0.29) is 18.8 Å². The highest BCUT2D eigenvalue weighted by Gasteiger charge is 2.35. The second-order valence-corrected chi connectivity index (χ2v) is 7.19. The number of hydrogen-bond acceptors (Lipinski definition) is 7. The van der Waals surface area contributed by atoms with Gasteiger partial charge in [0.05, 0.1) is 23.8 Å². The Morgan fingerprint density at radius 3 is 2.50 bits per heavy atom. The predicted octanol–water partition coefficient (Wildman–Crippen LogP) is -0.0494. The van der Waals surface area contributed by atoms with Gasteiger partial charge in [0.1, 0.15) is 18.5 Å². The zero-order valence-electron chi connectivity index (χ0n) is 15.7. The summed E-state index contributed by atoms with van der Waals surface area (Å²) in [4.78, 5) is 15.0. The normalized spacial score (nSPS) is 23.6. The Morgan fingerprint density at radius 1 is 1.25 bits per heavy atom.